The fourth-order valence-electron chi connectivity index (χ4n) is 3.90. The van der Waals surface area contributed by atoms with Crippen LogP contribution < -0.4 is 0 Å². The highest BCUT2D eigenvalue weighted by molar-refractivity contribution is 7.99. The summed E-state index contributed by atoms with van der Waals surface area (Å²) in [5.41, 5.74) is 4.94. The zero-order valence-corrected chi connectivity index (χ0v) is 20.0. The molecule has 0 fully saturated rings. The largest absolute Gasteiger partial charge is 0.335 e. The minimum absolute atomic E-state index is 0.582. The summed E-state index contributed by atoms with van der Waals surface area (Å²) in [6.45, 7) is 4.73. The van der Waals surface area contributed by atoms with Gasteiger partial charge in [-0.25, -0.2) is 0 Å². The molecule has 0 saturated carbocycles. The first kappa shape index (κ1) is 22.6. The van der Waals surface area contributed by atoms with Gasteiger partial charge in [-0.15, -0.1) is 4.91 Å². The van der Waals surface area contributed by atoms with Crippen molar-refractivity contribution in [3.05, 3.63) is 116 Å². The van der Waals surface area contributed by atoms with Crippen molar-refractivity contribution in [1.82, 2.24) is 9.55 Å². The Morgan fingerprint density at radius 3 is 2.28 bits per heavy atom. The molecule has 4 nitrogen and oxygen atoms in total. The number of nitrogens with zero attached hydrogens (tertiary/aromatic N) is 3. The second kappa shape index (κ2) is 9.90. The van der Waals surface area contributed by atoms with E-state index in [4.69, 9.17) is 23.2 Å². The molecule has 1 atom stereocenters. The fraction of sp³-hybridized carbons (Fsp3) is 0.160. The number of nitroso groups, excluding NO2 is 1. The molecule has 32 heavy (non-hydrogen) atoms. The maximum absolute atomic E-state index is 12.0. The molecule has 0 aliphatic carbocycles. The first-order valence-electron chi connectivity index (χ1n) is 10.1. The number of benzene rings is 2. The number of hydrogen-bond acceptors (Lipinski definition) is 4. The van der Waals surface area contributed by atoms with Gasteiger partial charge >= 0.3 is 0 Å². The van der Waals surface area contributed by atoms with Gasteiger partial charge in [-0.2, -0.15) is 0 Å². The Labute approximate surface area is 201 Å². The van der Waals surface area contributed by atoms with Gasteiger partial charge in [0.05, 0.1) is 5.03 Å². The van der Waals surface area contributed by atoms with E-state index in [1.165, 1.54) is 0 Å². The molecule has 0 bridgehead atoms. The van der Waals surface area contributed by atoms with Crippen molar-refractivity contribution in [3.8, 4) is 0 Å². The van der Waals surface area contributed by atoms with Crippen LogP contribution in [0.1, 0.15) is 34.0 Å². The SMILES string of the molecule is Cc1c(C(N=O)c2ccccc2)c(C)n(Cc2ccncc2)c1Sc1cc(Cl)cc(Cl)c1. The topological polar surface area (TPSA) is 47.2 Å². The molecule has 0 aliphatic rings. The molecule has 0 amide bonds. The van der Waals surface area contributed by atoms with E-state index in [-0.39, 0.29) is 0 Å². The molecule has 2 heterocycles. The average molecular weight is 482 g/mol. The zero-order valence-electron chi connectivity index (χ0n) is 17.6. The highest BCUT2D eigenvalue weighted by atomic mass is 35.5. The van der Waals surface area contributed by atoms with Gasteiger partial charge in [-0.1, -0.05) is 70.5 Å². The van der Waals surface area contributed by atoms with E-state index in [0.29, 0.717) is 16.6 Å². The summed E-state index contributed by atoms with van der Waals surface area (Å²) in [5, 5.41) is 5.71. The Bertz CT molecular complexity index is 1220. The molecule has 0 saturated heterocycles. The summed E-state index contributed by atoms with van der Waals surface area (Å²) in [5.74, 6) is 0. The van der Waals surface area contributed by atoms with E-state index in [0.717, 1.165) is 37.9 Å². The Kier molecular flexibility index (Phi) is 6.99. The lowest BCUT2D eigenvalue weighted by Gasteiger charge is -2.13. The molecule has 0 radical (unpaired) electrons. The van der Waals surface area contributed by atoms with Gasteiger partial charge in [0.1, 0.15) is 6.04 Å². The molecular weight excluding hydrogens is 461 g/mol. The number of hydrogen-bond donors (Lipinski definition) is 0. The second-order valence-corrected chi connectivity index (χ2v) is 9.43. The first-order chi connectivity index (χ1) is 15.5. The molecule has 0 spiro atoms. The van der Waals surface area contributed by atoms with Crippen LogP contribution in [0.4, 0.5) is 0 Å². The van der Waals surface area contributed by atoms with E-state index in [9.17, 15) is 4.91 Å². The van der Waals surface area contributed by atoms with Crippen molar-refractivity contribution in [2.24, 2.45) is 5.18 Å². The van der Waals surface area contributed by atoms with Crippen molar-refractivity contribution in [3.63, 3.8) is 0 Å². The number of aromatic nitrogens is 2. The van der Waals surface area contributed by atoms with Crippen molar-refractivity contribution < 1.29 is 0 Å². The lowest BCUT2D eigenvalue weighted by Crippen LogP contribution is -2.05. The summed E-state index contributed by atoms with van der Waals surface area (Å²) in [6, 6.07) is 18.6. The van der Waals surface area contributed by atoms with Crippen LogP contribution in [0.15, 0.2) is 88.2 Å². The van der Waals surface area contributed by atoms with Crippen LogP contribution in [0.25, 0.3) is 0 Å². The number of halogens is 2. The van der Waals surface area contributed by atoms with Gasteiger partial charge in [0.2, 0.25) is 0 Å². The average Bonchev–Trinajstić information content (AvgIpc) is 3.00. The molecule has 4 aromatic rings. The minimum atomic E-state index is -0.586. The lowest BCUT2D eigenvalue weighted by atomic mass is 9.97. The third-order valence-corrected chi connectivity index (χ3v) is 7.03. The smallest absolute Gasteiger partial charge is 0.144 e. The van der Waals surface area contributed by atoms with E-state index >= 15 is 0 Å². The van der Waals surface area contributed by atoms with Crippen LogP contribution in [0.3, 0.4) is 0 Å². The number of pyridine rings is 1. The first-order valence-corrected chi connectivity index (χ1v) is 11.6. The van der Waals surface area contributed by atoms with Crippen LogP contribution in [0.5, 0.6) is 0 Å². The summed E-state index contributed by atoms with van der Waals surface area (Å²) >= 11 is 14.1. The summed E-state index contributed by atoms with van der Waals surface area (Å²) in [7, 11) is 0. The van der Waals surface area contributed by atoms with Gasteiger partial charge in [0.15, 0.2) is 0 Å². The van der Waals surface area contributed by atoms with E-state index in [1.807, 2.05) is 68.4 Å². The maximum Gasteiger partial charge on any atom is 0.144 e. The van der Waals surface area contributed by atoms with Gasteiger partial charge in [0.25, 0.3) is 0 Å². The van der Waals surface area contributed by atoms with Gasteiger partial charge < -0.3 is 4.57 Å². The Hall–Kier alpha value is -2.60. The van der Waals surface area contributed by atoms with Gasteiger partial charge in [0, 0.05) is 45.1 Å². The molecule has 7 heteroatoms. The van der Waals surface area contributed by atoms with E-state index in [2.05, 4.69) is 14.7 Å². The predicted molar refractivity (Wildman–Crippen MR) is 132 cm³/mol. The van der Waals surface area contributed by atoms with Crippen molar-refractivity contribution in [1.29, 1.82) is 0 Å². The van der Waals surface area contributed by atoms with Gasteiger partial charge in [-0.05, 0) is 60.9 Å². The van der Waals surface area contributed by atoms with Crippen molar-refractivity contribution in [2.75, 3.05) is 0 Å². The third kappa shape index (κ3) is 4.75. The molecular formula is C25H21Cl2N3OS. The summed E-state index contributed by atoms with van der Waals surface area (Å²) < 4.78 is 2.22. The van der Waals surface area contributed by atoms with Gasteiger partial charge in [-0.3, -0.25) is 4.98 Å². The Morgan fingerprint density at radius 2 is 1.66 bits per heavy atom. The molecule has 1 unspecified atom stereocenters. The molecule has 2 aromatic heterocycles. The third-order valence-electron chi connectivity index (χ3n) is 5.40. The van der Waals surface area contributed by atoms with Crippen LogP contribution in [0, 0.1) is 18.8 Å². The summed E-state index contributed by atoms with van der Waals surface area (Å²) in [4.78, 5) is 17.1. The van der Waals surface area contributed by atoms with Crippen LogP contribution in [-0.4, -0.2) is 9.55 Å². The van der Waals surface area contributed by atoms with Crippen LogP contribution in [-0.2, 0) is 6.54 Å². The molecule has 162 valence electrons. The lowest BCUT2D eigenvalue weighted by molar-refractivity contribution is 0.699. The minimum Gasteiger partial charge on any atom is -0.335 e. The van der Waals surface area contributed by atoms with E-state index < -0.39 is 6.04 Å². The zero-order chi connectivity index (χ0) is 22.7. The highest BCUT2D eigenvalue weighted by Gasteiger charge is 2.26. The predicted octanol–water partition coefficient (Wildman–Crippen LogP) is 7.86. The summed E-state index contributed by atoms with van der Waals surface area (Å²) in [6.07, 6.45) is 3.57. The normalized spacial score (nSPS) is 12.0. The Balaban J connectivity index is 1.86. The molecule has 2 aromatic carbocycles. The van der Waals surface area contributed by atoms with Crippen molar-refractivity contribution in [2.45, 2.75) is 36.4 Å². The Morgan fingerprint density at radius 1 is 1.00 bits per heavy atom. The van der Waals surface area contributed by atoms with Crippen molar-refractivity contribution >= 4 is 35.0 Å². The van der Waals surface area contributed by atoms with E-state index in [1.54, 1.807) is 30.2 Å². The van der Waals surface area contributed by atoms with Crippen LogP contribution in [0.2, 0.25) is 10.0 Å². The quantitative estimate of drug-likeness (QED) is 0.252. The molecule has 0 aliphatic heterocycles. The fourth-order valence-corrected chi connectivity index (χ4v) is 5.72. The van der Waals surface area contributed by atoms with Crippen LogP contribution >= 0.6 is 35.0 Å². The second-order valence-electron chi connectivity index (χ2n) is 7.50. The highest BCUT2D eigenvalue weighted by Crippen LogP contribution is 2.42. The monoisotopic (exact) mass is 481 g/mol. The number of rotatable bonds is 7. The molecule has 4 rings (SSSR count). The molecule has 0 N–H and O–H groups in total. The maximum atomic E-state index is 12.0. The standard InChI is InChI=1S/C25H21Cl2N3OS/c1-16-23(24(29-31)19-6-4-3-5-7-19)17(2)30(15-18-8-10-28-11-9-18)25(16)32-22-13-20(26)12-21(27)14-22/h3-14,24H,15H2,1-2H3.